The van der Waals surface area contributed by atoms with Crippen LogP contribution in [0.2, 0.25) is 0 Å². The Morgan fingerprint density at radius 1 is 0.735 bits per heavy atom. The smallest absolute Gasteiger partial charge is 0.255 e. The molecule has 246 valence electrons. The molecule has 0 aliphatic carbocycles. The van der Waals surface area contributed by atoms with Crippen LogP contribution >= 0.6 is 0 Å². The third-order valence-electron chi connectivity index (χ3n) is 8.60. The molecule has 49 heavy (non-hydrogen) atoms. The van der Waals surface area contributed by atoms with Gasteiger partial charge in [-0.2, -0.15) is 0 Å². The summed E-state index contributed by atoms with van der Waals surface area (Å²) in [6, 6.07) is 38.4. The van der Waals surface area contributed by atoms with Gasteiger partial charge in [-0.1, -0.05) is 97.1 Å². The number of aromatic nitrogens is 2. The van der Waals surface area contributed by atoms with Gasteiger partial charge >= 0.3 is 0 Å². The van der Waals surface area contributed by atoms with Gasteiger partial charge in [-0.05, 0) is 65.1 Å². The van der Waals surface area contributed by atoms with E-state index in [0.717, 1.165) is 16.7 Å². The summed E-state index contributed by atoms with van der Waals surface area (Å²) in [4.78, 5) is 38.9. The van der Waals surface area contributed by atoms with Crippen LogP contribution in [0.4, 0.5) is 0 Å². The van der Waals surface area contributed by atoms with E-state index in [1.165, 1.54) is 30.6 Å². The first-order valence-electron chi connectivity index (χ1n) is 15.9. The SMILES string of the molecule is O=C(NCCc1ccc(O)c(O)c1)[C@H](Cc1cnc[nH]1)N(C(=O)c1ccc(O)cc1)C(c1ccccc1)(c1ccccc1)c1ccccc1. The number of H-pyrrole nitrogens is 1. The van der Waals surface area contributed by atoms with Crippen molar-refractivity contribution in [1.82, 2.24) is 20.2 Å². The number of imidazole rings is 1. The van der Waals surface area contributed by atoms with Gasteiger partial charge in [0.05, 0.1) is 6.33 Å². The fourth-order valence-electron chi connectivity index (χ4n) is 6.30. The number of carbonyl (C=O) groups excluding carboxylic acids is 2. The minimum absolute atomic E-state index is 0.00978. The van der Waals surface area contributed by atoms with Crippen LogP contribution in [0, 0.1) is 0 Å². The van der Waals surface area contributed by atoms with E-state index in [2.05, 4.69) is 15.3 Å². The van der Waals surface area contributed by atoms with Crippen molar-refractivity contribution >= 4 is 11.8 Å². The summed E-state index contributed by atoms with van der Waals surface area (Å²) >= 11 is 0. The van der Waals surface area contributed by atoms with Crippen LogP contribution in [-0.4, -0.2) is 54.6 Å². The molecule has 0 fully saturated rings. The molecular formula is C40H36N4O5. The Balaban J connectivity index is 1.56. The highest BCUT2D eigenvalue weighted by Crippen LogP contribution is 2.45. The number of benzene rings is 5. The van der Waals surface area contributed by atoms with Crippen LogP contribution in [-0.2, 0) is 23.2 Å². The van der Waals surface area contributed by atoms with Crippen molar-refractivity contribution in [3.8, 4) is 17.2 Å². The van der Waals surface area contributed by atoms with Crippen molar-refractivity contribution in [2.75, 3.05) is 6.54 Å². The molecule has 0 aliphatic heterocycles. The highest BCUT2D eigenvalue weighted by atomic mass is 16.3. The van der Waals surface area contributed by atoms with Crippen molar-refractivity contribution < 1.29 is 24.9 Å². The number of hydrogen-bond acceptors (Lipinski definition) is 6. The minimum Gasteiger partial charge on any atom is -0.508 e. The minimum atomic E-state index is -1.32. The topological polar surface area (TPSA) is 139 Å². The molecule has 0 bridgehead atoms. The van der Waals surface area contributed by atoms with Crippen LogP contribution in [0.3, 0.4) is 0 Å². The maximum Gasteiger partial charge on any atom is 0.255 e. The van der Waals surface area contributed by atoms with Crippen LogP contribution in [0.25, 0.3) is 0 Å². The highest BCUT2D eigenvalue weighted by molar-refractivity contribution is 5.99. The number of aromatic amines is 1. The second-order valence-corrected chi connectivity index (χ2v) is 11.7. The van der Waals surface area contributed by atoms with Crippen molar-refractivity contribution in [3.63, 3.8) is 0 Å². The normalized spacial score (nSPS) is 11.8. The number of hydrogen-bond donors (Lipinski definition) is 5. The van der Waals surface area contributed by atoms with Gasteiger partial charge in [0.25, 0.3) is 5.91 Å². The summed E-state index contributed by atoms with van der Waals surface area (Å²) in [6.07, 6.45) is 3.64. The van der Waals surface area contributed by atoms with Crippen LogP contribution in [0.5, 0.6) is 17.2 Å². The molecule has 0 saturated carbocycles. The van der Waals surface area contributed by atoms with Crippen molar-refractivity contribution in [1.29, 1.82) is 0 Å². The van der Waals surface area contributed by atoms with Gasteiger partial charge < -0.3 is 30.5 Å². The van der Waals surface area contributed by atoms with Gasteiger partial charge in [0.15, 0.2) is 11.5 Å². The fourth-order valence-corrected chi connectivity index (χ4v) is 6.30. The fraction of sp³-hybridized carbons (Fsp3) is 0.125. The first-order valence-corrected chi connectivity index (χ1v) is 15.9. The van der Waals surface area contributed by atoms with Gasteiger partial charge in [-0.25, -0.2) is 4.98 Å². The van der Waals surface area contributed by atoms with E-state index < -0.39 is 23.4 Å². The molecule has 6 rings (SSSR count). The summed E-state index contributed by atoms with van der Waals surface area (Å²) < 4.78 is 0. The lowest BCUT2D eigenvalue weighted by Gasteiger charge is -2.48. The van der Waals surface area contributed by atoms with E-state index in [1.54, 1.807) is 29.3 Å². The molecule has 2 amide bonds. The number of phenols is 3. The summed E-state index contributed by atoms with van der Waals surface area (Å²) in [7, 11) is 0. The molecule has 5 N–H and O–H groups in total. The lowest BCUT2D eigenvalue weighted by molar-refractivity contribution is -0.127. The van der Waals surface area contributed by atoms with E-state index >= 15 is 4.79 Å². The van der Waals surface area contributed by atoms with E-state index in [-0.39, 0.29) is 35.8 Å². The van der Waals surface area contributed by atoms with Crippen LogP contribution < -0.4 is 5.32 Å². The predicted molar refractivity (Wildman–Crippen MR) is 186 cm³/mol. The zero-order chi connectivity index (χ0) is 34.2. The molecule has 1 aromatic heterocycles. The van der Waals surface area contributed by atoms with E-state index in [9.17, 15) is 20.1 Å². The Hall–Kier alpha value is -6.35. The van der Waals surface area contributed by atoms with Gasteiger partial charge in [-0.3, -0.25) is 9.59 Å². The summed E-state index contributed by atoms with van der Waals surface area (Å²) in [5, 5.41) is 32.9. The van der Waals surface area contributed by atoms with Gasteiger partial charge in [0.2, 0.25) is 5.91 Å². The van der Waals surface area contributed by atoms with Gasteiger partial charge in [0.1, 0.15) is 17.3 Å². The number of amides is 2. The maximum atomic E-state index is 15.2. The summed E-state index contributed by atoms with van der Waals surface area (Å²) in [6.45, 7) is 0.193. The quantitative estimate of drug-likeness (QED) is 0.0821. The Morgan fingerprint density at radius 2 is 1.31 bits per heavy atom. The molecule has 9 heteroatoms. The van der Waals surface area contributed by atoms with Crippen molar-refractivity contribution in [3.05, 3.63) is 179 Å². The lowest BCUT2D eigenvalue weighted by Crippen LogP contribution is -2.61. The molecule has 1 heterocycles. The molecule has 6 aromatic rings. The number of aromatic hydroxyl groups is 3. The van der Waals surface area contributed by atoms with Gasteiger partial charge in [-0.15, -0.1) is 0 Å². The Bertz CT molecular complexity index is 1890. The third-order valence-corrected chi connectivity index (χ3v) is 8.60. The molecule has 5 aromatic carbocycles. The number of carbonyl (C=O) groups is 2. The number of rotatable bonds is 12. The first kappa shape index (κ1) is 32.6. The standard InChI is InChI=1S/C40H36N4O5/c45-34-19-17-29(18-20-34)39(49)44(35(25-33-26-41-27-43-33)38(48)42-23-22-28-16-21-36(46)37(47)24-28)40(30-10-4-1-5-11-30,31-12-6-2-7-13-31)32-14-8-3-9-15-32/h1-21,24,26-27,35,45-47H,22-23,25H2,(H,41,43)(H,42,48)/t35-/m0/s1. The van der Waals surface area contributed by atoms with Crippen molar-refractivity contribution in [2.45, 2.75) is 24.4 Å². The zero-order valence-corrected chi connectivity index (χ0v) is 26.6. The van der Waals surface area contributed by atoms with E-state index in [4.69, 9.17) is 0 Å². The highest BCUT2D eigenvalue weighted by Gasteiger charge is 2.50. The average molecular weight is 653 g/mol. The van der Waals surface area contributed by atoms with E-state index in [0.29, 0.717) is 17.7 Å². The molecule has 0 unspecified atom stereocenters. The molecule has 0 radical (unpaired) electrons. The number of nitrogens with one attached hydrogen (secondary N) is 2. The van der Waals surface area contributed by atoms with E-state index in [1.807, 2.05) is 91.0 Å². The first-order chi connectivity index (χ1) is 23.9. The second kappa shape index (κ2) is 14.6. The Morgan fingerprint density at radius 3 is 1.82 bits per heavy atom. The Labute approximate surface area is 284 Å². The third kappa shape index (κ3) is 6.87. The number of nitrogens with zero attached hydrogens (tertiary/aromatic N) is 2. The lowest BCUT2D eigenvalue weighted by atomic mass is 9.74. The molecule has 0 saturated heterocycles. The predicted octanol–water partition coefficient (Wildman–Crippen LogP) is 5.93. The molecule has 0 aliphatic rings. The number of phenolic OH excluding ortho intramolecular Hbond substituents is 3. The molecule has 1 atom stereocenters. The monoisotopic (exact) mass is 652 g/mol. The largest absolute Gasteiger partial charge is 0.508 e. The van der Waals surface area contributed by atoms with Crippen LogP contribution in [0.15, 0.2) is 146 Å². The second-order valence-electron chi connectivity index (χ2n) is 11.7. The maximum absolute atomic E-state index is 15.2. The average Bonchev–Trinajstić information content (AvgIpc) is 3.66. The molecular weight excluding hydrogens is 616 g/mol. The summed E-state index contributed by atoms with van der Waals surface area (Å²) in [5.41, 5.74) is 2.63. The molecule has 0 spiro atoms. The van der Waals surface area contributed by atoms with Gasteiger partial charge in [0, 0.05) is 30.4 Å². The Kier molecular flexibility index (Phi) is 9.71. The zero-order valence-electron chi connectivity index (χ0n) is 26.6. The summed E-state index contributed by atoms with van der Waals surface area (Å²) in [5.74, 6) is -1.30. The van der Waals surface area contributed by atoms with Crippen LogP contribution in [0.1, 0.15) is 38.3 Å². The molecule has 9 nitrogen and oxygen atoms in total. The van der Waals surface area contributed by atoms with Crippen molar-refractivity contribution in [2.24, 2.45) is 0 Å².